The van der Waals surface area contributed by atoms with Crippen molar-refractivity contribution >= 4 is 38.0 Å². The largest absolute Gasteiger partial charge is 0.267 e. The van der Waals surface area contributed by atoms with Crippen molar-refractivity contribution in [1.82, 2.24) is 4.31 Å². The van der Waals surface area contributed by atoms with E-state index < -0.39 is 10.0 Å². The molecule has 1 aliphatic rings. The number of rotatable bonds is 3. The van der Waals surface area contributed by atoms with Gasteiger partial charge in [-0.3, -0.25) is 4.31 Å². The van der Waals surface area contributed by atoms with Crippen LogP contribution in [-0.2, 0) is 10.0 Å². The minimum Gasteiger partial charge on any atom is -0.256 e. The molecule has 0 bridgehead atoms. The molecule has 0 N–H and O–H groups in total. The Morgan fingerprint density at radius 2 is 2.00 bits per heavy atom. The van der Waals surface area contributed by atoms with Gasteiger partial charge < -0.3 is 0 Å². The molecule has 0 saturated carbocycles. The molecule has 0 saturated heterocycles. The average molecular weight is 331 g/mol. The highest BCUT2D eigenvalue weighted by molar-refractivity contribution is 9.09. The van der Waals surface area contributed by atoms with Gasteiger partial charge in [0.15, 0.2) is 0 Å². The van der Waals surface area contributed by atoms with Gasteiger partial charge >= 0.3 is 0 Å². The number of sulfonamides is 1. The smallest absolute Gasteiger partial charge is 0.256 e. The van der Waals surface area contributed by atoms with Crippen LogP contribution in [0, 0.1) is 5.41 Å². The molecule has 0 fully saturated rings. The monoisotopic (exact) mass is 330 g/mol. The second-order valence-corrected chi connectivity index (χ2v) is 7.48. The fourth-order valence-corrected chi connectivity index (χ4v) is 3.44. The molecule has 4 nitrogen and oxygen atoms in total. The number of hydrogen-bond donors (Lipinski definition) is 0. The molecule has 18 heavy (non-hydrogen) atoms. The molecular weight excluding hydrogens is 316 g/mol. The maximum absolute atomic E-state index is 12.4. The second-order valence-electron chi connectivity index (χ2n) is 5.06. The van der Waals surface area contributed by atoms with Gasteiger partial charge in [-0.1, -0.05) is 41.9 Å². The lowest BCUT2D eigenvalue weighted by Gasteiger charge is -2.31. The van der Waals surface area contributed by atoms with Crippen molar-refractivity contribution < 1.29 is 8.42 Å². The Bertz CT molecular complexity index is 581. The summed E-state index contributed by atoms with van der Waals surface area (Å²) in [6.45, 7) is 4.41. The van der Waals surface area contributed by atoms with Gasteiger partial charge in [0.05, 0.1) is 5.69 Å². The number of para-hydroxylation sites is 1. The van der Waals surface area contributed by atoms with Gasteiger partial charge in [0, 0.05) is 11.9 Å². The van der Waals surface area contributed by atoms with Crippen molar-refractivity contribution in [2.45, 2.75) is 18.7 Å². The van der Waals surface area contributed by atoms with Crippen LogP contribution in [0.5, 0.6) is 0 Å². The van der Waals surface area contributed by atoms with Crippen molar-refractivity contribution in [2.24, 2.45) is 10.4 Å². The van der Waals surface area contributed by atoms with Gasteiger partial charge in [-0.05, 0) is 17.5 Å². The number of halogens is 1. The van der Waals surface area contributed by atoms with Crippen LogP contribution in [0.25, 0.3) is 0 Å². The Hall–Kier alpha value is -0.880. The van der Waals surface area contributed by atoms with Gasteiger partial charge in [0.25, 0.3) is 10.0 Å². The van der Waals surface area contributed by atoms with Crippen LogP contribution in [0.2, 0.25) is 0 Å². The van der Waals surface area contributed by atoms with E-state index in [4.69, 9.17) is 0 Å². The molecule has 0 amide bonds. The first kappa shape index (κ1) is 13.5. The van der Waals surface area contributed by atoms with E-state index in [0.717, 1.165) is 5.33 Å². The SMILES string of the molecule is CC(C)(CBr)CN1C=Nc2ccccc2S1(=O)=O. The molecule has 6 heteroatoms. The fourth-order valence-electron chi connectivity index (χ4n) is 1.69. The zero-order valence-corrected chi connectivity index (χ0v) is 12.7. The summed E-state index contributed by atoms with van der Waals surface area (Å²) in [7, 11) is -3.46. The lowest BCUT2D eigenvalue weighted by molar-refractivity contribution is 0.355. The van der Waals surface area contributed by atoms with Crippen LogP contribution in [0.1, 0.15) is 13.8 Å². The number of alkyl halides is 1. The summed E-state index contributed by atoms with van der Waals surface area (Å²) < 4.78 is 26.2. The lowest BCUT2D eigenvalue weighted by Crippen LogP contribution is -2.39. The van der Waals surface area contributed by atoms with E-state index in [1.165, 1.54) is 10.6 Å². The highest BCUT2D eigenvalue weighted by atomic mass is 79.9. The highest BCUT2D eigenvalue weighted by Gasteiger charge is 2.32. The Kier molecular flexibility index (Phi) is 3.51. The van der Waals surface area contributed by atoms with Gasteiger partial charge in [-0.25, -0.2) is 13.4 Å². The van der Waals surface area contributed by atoms with E-state index in [-0.39, 0.29) is 10.3 Å². The van der Waals surface area contributed by atoms with Gasteiger partial charge in [0.1, 0.15) is 11.2 Å². The molecule has 0 spiro atoms. The van der Waals surface area contributed by atoms with Gasteiger partial charge in [-0.15, -0.1) is 0 Å². The summed E-state index contributed by atoms with van der Waals surface area (Å²) in [6.07, 6.45) is 1.40. The molecule has 0 atom stereocenters. The third-order valence-corrected chi connectivity index (χ3v) is 5.98. The summed E-state index contributed by atoms with van der Waals surface area (Å²) in [5.74, 6) is 0. The Morgan fingerprint density at radius 3 is 2.67 bits per heavy atom. The Morgan fingerprint density at radius 1 is 1.33 bits per heavy atom. The maximum atomic E-state index is 12.4. The Balaban J connectivity index is 2.39. The number of aliphatic imine (C=N–C) groups is 1. The molecule has 2 rings (SSSR count). The highest BCUT2D eigenvalue weighted by Crippen LogP contribution is 2.32. The second kappa shape index (κ2) is 4.66. The zero-order valence-electron chi connectivity index (χ0n) is 10.3. The molecule has 98 valence electrons. The predicted octanol–water partition coefficient (Wildman–Crippen LogP) is 2.77. The molecule has 1 heterocycles. The summed E-state index contributed by atoms with van der Waals surface area (Å²) in [5, 5.41) is 0.724. The summed E-state index contributed by atoms with van der Waals surface area (Å²) in [6, 6.07) is 6.79. The normalized spacial score (nSPS) is 17.6. The van der Waals surface area contributed by atoms with Crippen LogP contribution in [0.4, 0.5) is 5.69 Å². The van der Waals surface area contributed by atoms with E-state index in [1.807, 2.05) is 13.8 Å². The molecule has 1 aliphatic heterocycles. The van der Waals surface area contributed by atoms with Crippen molar-refractivity contribution in [3.05, 3.63) is 24.3 Å². The van der Waals surface area contributed by atoms with Crippen LogP contribution in [-0.4, -0.2) is 30.9 Å². The van der Waals surface area contributed by atoms with Crippen LogP contribution in [0.3, 0.4) is 0 Å². The van der Waals surface area contributed by atoms with E-state index in [0.29, 0.717) is 12.2 Å². The van der Waals surface area contributed by atoms with Crippen LogP contribution >= 0.6 is 15.9 Å². The minimum absolute atomic E-state index is 0.147. The average Bonchev–Trinajstić information content (AvgIpc) is 2.33. The third-order valence-electron chi connectivity index (χ3n) is 2.72. The predicted molar refractivity (Wildman–Crippen MR) is 76.1 cm³/mol. The van der Waals surface area contributed by atoms with Gasteiger partial charge in [-0.2, -0.15) is 0 Å². The molecule has 1 aromatic rings. The van der Waals surface area contributed by atoms with Crippen LogP contribution in [0.15, 0.2) is 34.2 Å². The summed E-state index contributed by atoms with van der Waals surface area (Å²) in [4.78, 5) is 4.47. The standard InChI is InChI=1S/C12H15BrN2O2S/c1-12(2,7-13)8-15-9-14-10-5-3-4-6-11(10)18(15,16)17/h3-6,9H,7-8H2,1-2H3. The van der Waals surface area contributed by atoms with Crippen molar-refractivity contribution in [3.8, 4) is 0 Å². The lowest BCUT2D eigenvalue weighted by atomic mass is 9.97. The number of fused-ring (bicyclic) bond motifs is 1. The van der Waals surface area contributed by atoms with Crippen LogP contribution < -0.4 is 0 Å². The minimum atomic E-state index is -3.46. The van der Waals surface area contributed by atoms with E-state index in [9.17, 15) is 8.42 Å². The van der Waals surface area contributed by atoms with Crippen molar-refractivity contribution in [2.75, 3.05) is 11.9 Å². The molecule has 0 aromatic heterocycles. The number of hydrogen-bond acceptors (Lipinski definition) is 3. The zero-order chi connectivity index (χ0) is 13.4. The molecule has 0 unspecified atom stereocenters. The van der Waals surface area contributed by atoms with E-state index >= 15 is 0 Å². The third kappa shape index (κ3) is 2.44. The molecular formula is C12H15BrN2O2S. The van der Waals surface area contributed by atoms with E-state index in [1.54, 1.807) is 24.3 Å². The maximum Gasteiger partial charge on any atom is 0.267 e. The Labute approximate surface area is 116 Å². The summed E-state index contributed by atoms with van der Waals surface area (Å²) in [5.41, 5.74) is 0.358. The van der Waals surface area contributed by atoms with Crippen molar-refractivity contribution in [3.63, 3.8) is 0 Å². The topological polar surface area (TPSA) is 49.7 Å². The summed E-state index contributed by atoms with van der Waals surface area (Å²) >= 11 is 3.40. The molecule has 0 aliphatic carbocycles. The molecule has 1 aromatic carbocycles. The number of benzene rings is 1. The fraction of sp³-hybridized carbons (Fsp3) is 0.417. The quantitative estimate of drug-likeness (QED) is 0.800. The first-order valence-corrected chi connectivity index (χ1v) is 8.14. The van der Waals surface area contributed by atoms with E-state index in [2.05, 4.69) is 20.9 Å². The first-order chi connectivity index (χ1) is 8.37. The number of nitrogens with zero attached hydrogens (tertiary/aromatic N) is 2. The molecule has 0 radical (unpaired) electrons. The van der Waals surface area contributed by atoms with Crippen molar-refractivity contribution in [1.29, 1.82) is 0 Å². The first-order valence-electron chi connectivity index (χ1n) is 5.58. The van der Waals surface area contributed by atoms with Gasteiger partial charge in [0.2, 0.25) is 0 Å².